The smallest absolute Gasteiger partial charge is 0.393 e. The minimum atomic E-state index is -0.502. The first-order chi connectivity index (χ1) is 37.7. The first-order valence-corrected chi connectivity index (χ1v) is 22.8. The highest BCUT2D eigenvalue weighted by atomic mass is 16.5. The van der Waals surface area contributed by atoms with Gasteiger partial charge in [0.15, 0.2) is 5.82 Å². The van der Waals surface area contributed by atoms with Gasteiger partial charge in [-0.3, -0.25) is 34.4 Å². The van der Waals surface area contributed by atoms with E-state index < -0.39 is 11.5 Å². The number of aromatic nitrogens is 24. The molecule has 0 atom stereocenters. The Bertz CT molecular complexity index is 2970. The van der Waals surface area contributed by atoms with Crippen molar-refractivity contribution in [3.63, 3.8) is 0 Å². The quantitative estimate of drug-likeness (QED) is 0.103. The Morgan fingerprint density at radius 3 is 1.53 bits per heavy atom. The standard InChI is InChI=1S/2C5H6N2O.C5H7N.3C4H6N2.C4H5NO2.2C3H5N3.2C3H4N2O2.C3H4N2O/c1-4-2-6-5(8)7-3-4;1-4-2-3-5(8)7-6-4;1-5-3-2-4-6-5;1-4-2-5-3-6-4;1-4-2-5-6-3-4;1-4-2-3-5-6-4;1-3-2-4(6)5-7-3;1-3-4-2-5-6-3;1-3-2-4-6-5-3;1-2-4-5-3(6)7-2;1-2-4-3(6)7-5-2;1-3-4-2-6-5-3/h2-3H,1H3,(H,6,7,8);2-3H,1H3,(H,7,8);2-4,6H,1H3;3*2-3H,1H3,(H,5,6);2H,1H3,(H,5,6);2*2H,1H3,(H,4,5,6);1H3,(H,5,6);1H3,(H,4,5,6);2H,1H3. The third-order valence-corrected chi connectivity index (χ3v) is 7.57. The number of aromatic amines is 11. The zero-order valence-corrected chi connectivity index (χ0v) is 45.3. The maximum atomic E-state index is 10.3. The van der Waals surface area contributed by atoms with Gasteiger partial charge in [-0.25, -0.2) is 39.5 Å². The van der Waals surface area contributed by atoms with Crippen molar-refractivity contribution >= 4 is 0 Å². The van der Waals surface area contributed by atoms with E-state index >= 15 is 0 Å². The molecule has 422 valence electrons. The molecule has 11 N–H and O–H groups in total. The molecular weight excluding hydrogens is 1030 g/mol. The Balaban J connectivity index is 0.000000431. The van der Waals surface area contributed by atoms with Gasteiger partial charge in [0, 0.05) is 73.3 Å². The average molecular weight is 1100 g/mol. The molecule has 0 fully saturated rings. The zero-order chi connectivity index (χ0) is 58.6. The molecule has 79 heavy (non-hydrogen) atoms. The molecule has 0 radical (unpaired) electrons. The van der Waals surface area contributed by atoms with E-state index in [1.807, 2.05) is 86.0 Å². The second-order valence-corrected chi connectivity index (χ2v) is 15.1. The molecule has 12 aromatic heterocycles. The van der Waals surface area contributed by atoms with Crippen molar-refractivity contribution in [1.29, 1.82) is 0 Å². The first kappa shape index (κ1) is 66.0. The largest absolute Gasteiger partial charge is 0.438 e. The molecule has 0 amide bonds. The fraction of sp³-hybridized carbons (Fsp3) is 0.261. The average Bonchev–Trinajstić information content (AvgIpc) is 4.24. The summed E-state index contributed by atoms with van der Waals surface area (Å²) >= 11 is 0. The van der Waals surface area contributed by atoms with E-state index in [1.165, 1.54) is 42.3 Å². The molecule has 0 saturated heterocycles. The summed E-state index contributed by atoms with van der Waals surface area (Å²) in [7, 11) is 0. The molecule has 12 aromatic rings. The lowest BCUT2D eigenvalue weighted by Crippen LogP contribution is -2.07. The van der Waals surface area contributed by atoms with E-state index in [-0.39, 0.29) is 16.8 Å². The van der Waals surface area contributed by atoms with Gasteiger partial charge < -0.3 is 28.4 Å². The SMILES string of the molecule is Cc1cc(=O)[nH]o1.Cc1ccc(=O)[nH]n1.Cc1ccc[nH]1.Cc1ccn[nH]1.Cc1cn[nH]c1.Cc1cn[nH]n1.Cc1cnc(=O)[nH]c1.Cc1cnc[nH]1.Cc1n[nH]c(=O)o1.Cc1ncn[nH]1.Cc1ncon1.Cc1noc(=O)[nH]1. The molecule has 0 bridgehead atoms. The van der Waals surface area contributed by atoms with Gasteiger partial charge in [0.2, 0.25) is 12.3 Å². The van der Waals surface area contributed by atoms with Crippen LogP contribution in [-0.4, -0.2) is 122 Å². The van der Waals surface area contributed by atoms with E-state index in [2.05, 4.69) is 140 Å². The number of hydrogen-bond donors (Lipinski definition) is 11. The van der Waals surface area contributed by atoms with Gasteiger partial charge in [-0.2, -0.15) is 45.9 Å². The van der Waals surface area contributed by atoms with Crippen molar-refractivity contribution in [2.24, 2.45) is 0 Å². The van der Waals surface area contributed by atoms with Crippen LogP contribution in [0.25, 0.3) is 0 Å². The monoisotopic (exact) mass is 1100 g/mol. The highest BCUT2D eigenvalue weighted by Crippen LogP contribution is 1.88. The molecule has 0 unspecified atom stereocenters. The molecule has 0 spiro atoms. The second kappa shape index (κ2) is 40.4. The minimum absolute atomic E-state index is 0.157. The summed E-state index contributed by atoms with van der Waals surface area (Å²) < 4.78 is 17.3. The van der Waals surface area contributed by atoms with Gasteiger partial charge in [0.25, 0.3) is 11.1 Å². The van der Waals surface area contributed by atoms with Crippen LogP contribution in [0.4, 0.5) is 0 Å². The number of imidazole rings is 1. The van der Waals surface area contributed by atoms with Crippen LogP contribution in [0, 0.1) is 83.1 Å². The van der Waals surface area contributed by atoms with Gasteiger partial charge in [0.1, 0.15) is 23.7 Å². The third kappa shape index (κ3) is 39.2. The lowest BCUT2D eigenvalue weighted by molar-refractivity contribution is 0.383. The van der Waals surface area contributed by atoms with Crippen LogP contribution in [0.3, 0.4) is 0 Å². The van der Waals surface area contributed by atoms with Crippen molar-refractivity contribution in [2.75, 3.05) is 0 Å². The van der Waals surface area contributed by atoms with Crippen LogP contribution in [0.1, 0.15) is 68.7 Å². The van der Waals surface area contributed by atoms with Crippen molar-refractivity contribution in [2.45, 2.75) is 83.1 Å². The van der Waals surface area contributed by atoms with Crippen LogP contribution in [0.15, 0.2) is 147 Å². The van der Waals surface area contributed by atoms with Crippen LogP contribution in [-0.2, 0) is 0 Å². The fourth-order valence-electron chi connectivity index (χ4n) is 3.94. The number of H-pyrrole nitrogens is 11. The molecule has 33 heteroatoms. The predicted octanol–water partition coefficient (Wildman–Crippen LogP) is 3.86. The van der Waals surface area contributed by atoms with Crippen LogP contribution < -0.4 is 28.3 Å². The summed E-state index contributed by atoms with van der Waals surface area (Å²) in [5, 5.41) is 49.0. The number of nitrogens with zero attached hydrogens (tertiary/aromatic N) is 13. The van der Waals surface area contributed by atoms with Crippen molar-refractivity contribution in [3.8, 4) is 0 Å². The third-order valence-electron chi connectivity index (χ3n) is 7.57. The van der Waals surface area contributed by atoms with Crippen LogP contribution in [0.5, 0.6) is 0 Å². The highest BCUT2D eigenvalue weighted by molar-refractivity contribution is 5.00. The number of rotatable bonds is 0. The molecule has 0 aliphatic rings. The Kier molecular flexibility index (Phi) is 33.7. The Morgan fingerprint density at radius 2 is 1.33 bits per heavy atom. The minimum Gasteiger partial charge on any atom is -0.393 e. The van der Waals surface area contributed by atoms with Crippen molar-refractivity contribution < 1.29 is 18.0 Å². The van der Waals surface area contributed by atoms with Crippen LogP contribution >= 0.6 is 0 Å². The summed E-state index contributed by atoms with van der Waals surface area (Å²) in [6, 6.07) is 10.4. The molecular formula is C46H64N24O9. The first-order valence-electron chi connectivity index (χ1n) is 22.8. The summed E-state index contributed by atoms with van der Waals surface area (Å²) in [5.74, 6) is 2.01. The topological polar surface area (TPSA) is 479 Å². The van der Waals surface area contributed by atoms with Crippen molar-refractivity contribution in [1.82, 2.24) is 122 Å². The lowest BCUT2D eigenvalue weighted by Gasteiger charge is -1.83. The van der Waals surface area contributed by atoms with Gasteiger partial charge in [0.05, 0.1) is 30.1 Å². The van der Waals surface area contributed by atoms with E-state index in [1.54, 1.807) is 71.1 Å². The van der Waals surface area contributed by atoms with Gasteiger partial charge in [-0.1, -0.05) is 10.3 Å². The summed E-state index contributed by atoms with van der Waals surface area (Å²) in [6.45, 7) is 22.1. The summed E-state index contributed by atoms with van der Waals surface area (Å²) in [6.07, 6.45) is 18.3. The normalized spacial score (nSPS) is 9.01. The van der Waals surface area contributed by atoms with Gasteiger partial charge >= 0.3 is 17.2 Å². The molecule has 0 aliphatic carbocycles. The maximum absolute atomic E-state index is 10.3. The number of nitrogens with one attached hydrogen (secondary N) is 11. The Hall–Kier alpha value is -11.0. The molecule has 12 rings (SSSR count). The second-order valence-electron chi connectivity index (χ2n) is 15.1. The molecule has 33 nitrogen and oxygen atoms in total. The highest BCUT2D eigenvalue weighted by Gasteiger charge is 1.89. The summed E-state index contributed by atoms with van der Waals surface area (Å²) in [5.41, 5.74) is 6.68. The lowest BCUT2D eigenvalue weighted by atomic mass is 10.4. The van der Waals surface area contributed by atoms with E-state index in [0.29, 0.717) is 23.3 Å². The molecule has 0 aromatic carbocycles. The predicted molar refractivity (Wildman–Crippen MR) is 284 cm³/mol. The Morgan fingerprint density at radius 1 is 0.557 bits per heavy atom. The van der Waals surface area contributed by atoms with Crippen molar-refractivity contribution in [3.05, 3.63) is 226 Å². The molecule has 12 heterocycles. The van der Waals surface area contributed by atoms with E-state index in [0.717, 1.165) is 34.2 Å². The maximum Gasteiger partial charge on any atom is 0.438 e. The zero-order valence-electron chi connectivity index (χ0n) is 45.3. The van der Waals surface area contributed by atoms with Gasteiger partial charge in [-0.05, 0) is 112 Å². The summed E-state index contributed by atoms with van der Waals surface area (Å²) in [4.78, 5) is 76.0. The Labute approximate surface area is 447 Å². The number of aryl methyl sites for hydroxylation is 12. The molecule has 0 aliphatic heterocycles. The van der Waals surface area contributed by atoms with E-state index in [9.17, 15) is 24.0 Å². The van der Waals surface area contributed by atoms with Gasteiger partial charge in [-0.15, -0.1) is 5.10 Å². The number of hydrogen-bond acceptors (Lipinski definition) is 22. The van der Waals surface area contributed by atoms with E-state index in [4.69, 9.17) is 0 Å². The fourth-order valence-corrected chi connectivity index (χ4v) is 3.94. The molecule has 0 saturated carbocycles. The van der Waals surface area contributed by atoms with Crippen LogP contribution in [0.2, 0.25) is 0 Å².